The van der Waals surface area contributed by atoms with Crippen LogP contribution in [-0.4, -0.2) is 20.3 Å². The van der Waals surface area contributed by atoms with Crippen LogP contribution >= 0.6 is 11.8 Å². The van der Waals surface area contributed by atoms with Crippen molar-refractivity contribution in [3.05, 3.63) is 54.3 Å². The van der Waals surface area contributed by atoms with Gasteiger partial charge in [0.1, 0.15) is 5.82 Å². The molecule has 0 aromatic heterocycles. The van der Waals surface area contributed by atoms with E-state index in [4.69, 9.17) is 0 Å². The van der Waals surface area contributed by atoms with Gasteiger partial charge in [-0.3, -0.25) is 4.72 Å². The van der Waals surface area contributed by atoms with Crippen LogP contribution in [0.15, 0.2) is 58.3 Å². The normalized spacial score (nSPS) is 12.2. The first kappa shape index (κ1) is 17.6. The highest BCUT2D eigenvalue weighted by atomic mass is 32.2. The molecule has 0 aliphatic rings. The second kappa shape index (κ2) is 6.79. The molecule has 0 radical (unpaired) electrons. The van der Waals surface area contributed by atoms with Gasteiger partial charge in [0.25, 0.3) is 10.0 Å². The summed E-state index contributed by atoms with van der Waals surface area (Å²) in [5.74, 6) is -1.73. The van der Waals surface area contributed by atoms with Crippen LogP contribution in [0.5, 0.6) is 0 Å². The maximum Gasteiger partial charge on any atom is 0.398 e. The molecule has 2 aromatic rings. The number of anilines is 1. The Bertz CT molecular complexity index is 774. The number of alkyl halides is 3. The van der Waals surface area contributed by atoms with E-state index in [-0.39, 0.29) is 15.5 Å². The molecule has 2 rings (SSSR count). The van der Waals surface area contributed by atoms with Crippen LogP contribution in [-0.2, 0) is 10.0 Å². The van der Waals surface area contributed by atoms with Crippen LogP contribution in [0.1, 0.15) is 0 Å². The minimum Gasteiger partial charge on any atom is -0.278 e. The third-order valence-corrected chi connectivity index (χ3v) is 5.17. The van der Waals surface area contributed by atoms with Gasteiger partial charge in [0.05, 0.1) is 16.3 Å². The second-order valence-corrected chi connectivity index (χ2v) is 7.16. The van der Waals surface area contributed by atoms with Gasteiger partial charge in [0.15, 0.2) is 0 Å². The van der Waals surface area contributed by atoms with Crippen molar-refractivity contribution in [3.63, 3.8) is 0 Å². The van der Waals surface area contributed by atoms with E-state index in [1.165, 1.54) is 24.3 Å². The zero-order valence-electron chi connectivity index (χ0n) is 11.5. The maximum atomic E-state index is 12.9. The molecule has 124 valence electrons. The van der Waals surface area contributed by atoms with E-state index in [1.807, 2.05) is 0 Å². The molecule has 0 bridgehead atoms. The predicted molar refractivity (Wildman–Crippen MR) is 80.4 cm³/mol. The van der Waals surface area contributed by atoms with Gasteiger partial charge < -0.3 is 0 Å². The summed E-state index contributed by atoms with van der Waals surface area (Å²) in [6.45, 7) is 0. The number of rotatable bonds is 5. The molecule has 2 aromatic carbocycles. The van der Waals surface area contributed by atoms with E-state index in [0.717, 1.165) is 24.3 Å². The van der Waals surface area contributed by atoms with Crippen molar-refractivity contribution in [2.24, 2.45) is 0 Å². The fraction of sp³-hybridized carbons (Fsp3) is 0.143. The summed E-state index contributed by atoms with van der Waals surface area (Å²) in [6.07, 6.45) is -4.37. The van der Waals surface area contributed by atoms with Crippen LogP contribution in [0.2, 0.25) is 0 Å². The molecular formula is C14H11F4NO2S2. The number of thioether (sulfide) groups is 1. The number of benzene rings is 2. The average molecular weight is 365 g/mol. The Morgan fingerprint density at radius 3 is 2.22 bits per heavy atom. The maximum absolute atomic E-state index is 12.9. The topological polar surface area (TPSA) is 46.2 Å². The molecule has 0 spiro atoms. The smallest absolute Gasteiger partial charge is 0.278 e. The number of hydrogen-bond donors (Lipinski definition) is 1. The monoisotopic (exact) mass is 365 g/mol. The molecule has 0 heterocycles. The Morgan fingerprint density at radius 2 is 1.61 bits per heavy atom. The molecule has 0 amide bonds. The fourth-order valence-electron chi connectivity index (χ4n) is 1.65. The summed E-state index contributed by atoms with van der Waals surface area (Å²) in [4.78, 5) is -0.0370. The third kappa shape index (κ3) is 5.14. The second-order valence-electron chi connectivity index (χ2n) is 4.46. The van der Waals surface area contributed by atoms with Crippen molar-refractivity contribution in [2.45, 2.75) is 16.0 Å². The van der Waals surface area contributed by atoms with Gasteiger partial charge >= 0.3 is 6.18 Å². The Balaban J connectivity index is 2.24. The van der Waals surface area contributed by atoms with Crippen molar-refractivity contribution in [3.8, 4) is 0 Å². The van der Waals surface area contributed by atoms with Gasteiger partial charge in [0, 0.05) is 4.90 Å². The Kier molecular flexibility index (Phi) is 5.20. The van der Waals surface area contributed by atoms with Crippen LogP contribution < -0.4 is 4.72 Å². The summed E-state index contributed by atoms with van der Waals surface area (Å²) >= 11 is 0.480. The highest BCUT2D eigenvalue weighted by Gasteiger charge is 2.28. The molecule has 0 atom stereocenters. The lowest BCUT2D eigenvalue weighted by Gasteiger charge is -2.13. The van der Waals surface area contributed by atoms with E-state index >= 15 is 0 Å². The summed E-state index contributed by atoms with van der Waals surface area (Å²) < 4.78 is 76.4. The number of halogens is 4. The first-order valence-corrected chi connectivity index (χ1v) is 8.71. The molecule has 1 N–H and O–H groups in total. The summed E-state index contributed by atoms with van der Waals surface area (Å²) in [5.41, 5.74) is 0.0334. The minimum atomic E-state index is -4.37. The summed E-state index contributed by atoms with van der Waals surface area (Å²) in [5, 5.41) is 0. The Morgan fingerprint density at radius 1 is 1.00 bits per heavy atom. The molecule has 0 saturated heterocycles. The number of hydrogen-bond acceptors (Lipinski definition) is 3. The molecular weight excluding hydrogens is 354 g/mol. The quantitative estimate of drug-likeness (QED) is 0.635. The van der Waals surface area contributed by atoms with Crippen molar-refractivity contribution in [2.75, 3.05) is 10.5 Å². The van der Waals surface area contributed by atoms with Gasteiger partial charge in [-0.15, -0.1) is 11.8 Å². The molecule has 0 saturated carbocycles. The first-order valence-electron chi connectivity index (χ1n) is 6.24. The number of para-hydroxylation sites is 1. The highest BCUT2D eigenvalue weighted by molar-refractivity contribution is 7.99. The van der Waals surface area contributed by atoms with E-state index in [9.17, 15) is 26.0 Å². The van der Waals surface area contributed by atoms with E-state index in [1.54, 1.807) is 0 Å². The Hall–Kier alpha value is -1.74. The first-order chi connectivity index (χ1) is 10.7. The van der Waals surface area contributed by atoms with E-state index < -0.39 is 27.8 Å². The SMILES string of the molecule is O=S(=O)(Nc1ccccc1SCC(F)(F)F)c1ccc(F)cc1. The zero-order chi connectivity index (χ0) is 17.1. The zero-order valence-corrected chi connectivity index (χ0v) is 13.1. The summed E-state index contributed by atoms with van der Waals surface area (Å²) in [6, 6.07) is 9.87. The molecule has 0 aliphatic carbocycles. The minimum absolute atomic E-state index is 0.0334. The molecule has 0 unspecified atom stereocenters. The predicted octanol–water partition coefficient (Wildman–Crippen LogP) is 4.28. The molecule has 0 fully saturated rings. The van der Waals surface area contributed by atoms with Crippen LogP contribution in [0, 0.1) is 5.82 Å². The molecule has 3 nitrogen and oxygen atoms in total. The van der Waals surface area contributed by atoms with Crippen molar-refractivity contribution in [1.29, 1.82) is 0 Å². The number of sulfonamides is 1. The summed E-state index contributed by atoms with van der Waals surface area (Å²) in [7, 11) is -4.02. The van der Waals surface area contributed by atoms with Gasteiger partial charge in [-0.1, -0.05) is 12.1 Å². The Labute approximate surface area is 134 Å². The lowest BCUT2D eigenvalue weighted by atomic mass is 10.3. The van der Waals surface area contributed by atoms with Crippen molar-refractivity contribution >= 4 is 27.5 Å². The average Bonchev–Trinajstić information content (AvgIpc) is 2.45. The standard InChI is InChI=1S/C14H11F4NO2S2/c15-10-5-7-11(8-6-10)23(20,21)19-12-3-1-2-4-13(12)22-9-14(16,17)18/h1-8,19H,9H2. The van der Waals surface area contributed by atoms with Crippen LogP contribution in [0.25, 0.3) is 0 Å². The molecule has 23 heavy (non-hydrogen) atoms. The van der Waals surface area contributed by atoms with E-state index in [2.05, 4.69) is 4.72 Å². The lowest BCUT2D eigenvalue weighted by molar-refractivity contribution is -0.105. The third-order valence-electron chi connectivity index (χ3n) is 2.65. The van der Waals surface area contributed by atoms with Gasteiger partial charge in [-0.2, -0.15) is 13.2 Å². The van der Waals surface area contributed by atoms with Crippen LogP contribution in [0.3, 0.4) is 0 Å². The van der Waals surface area contributed by atoms with Crippen molar-refractivity contribution < 1.29 is 26.0 Å². The van der Waals surface area contributed by atoms with Gasteiger partial charge in [0.2, 0.25) is 0 Å². The van der Waals surface area contributed by atoms with Crippen molar-refractivity contribution in [1.82, 2.24) is 0 Å². The lowest BCUT2D eigenvalue weighted by Crippen LogP contribution is -2.14. The molecule has 0 aliphatic heterocycles. The van der Waals surface area contributed by atoms with Gasteiger partial charge in [-0.05, 0) is 36.4 Å². The number of nitrogens with one attached hydrogen (secondary N) is 1. The highest BCUT2D eigenvalue weighted by Crippen LogP contribution is 2.33. The molecule has 9 heteroatoms. The van der Waals surface area contributed by atoms with Crippen LogP contribution in [0.4, 0.5) is 23.2 Å². The van der Waals surface area contributed by atoms with E-state index in [0.29, 0.717) is 11.8 Å². The fourth-order valence-corrected chi connectivity index (χ4v) is 3.57. The van der Waals surface area contributed by atoms with Gasteiger partial charge in [-0.25, -0.2) is 12.8 Å². The largest absolute Gasteiger partial charge is 0.398 e.